The molecule has 1 amide bonds. The minimum atomic E-state index is 0.0220. The molecule has 3 N–H and O–H groups in total. The van der Waals surface area contributed by atoms with Crippen LogP contribution in [0.4, 0.5) is 0 Å². The normalized spacial score (nSPS) is 12.2. The molecule has 0 heterocycles. The van der Waals surface area contributed by atoms with Gasteiger partial charge in [-0.2, -0.15) is 0 Å². The quantitative estimate of drug-likeness (QED) is 0.718. The number of rotatable bonds is 8. The third-order valence-corrected chi connectivity index (χ3v) is 3.36. The summed E-state index contributed by atoms with van der Waals surface area (Å²) >= 11 is 5.84. The summed E-state index contributed by atoms with van der Waals surface area (Å²) in [5.41, 5.74) is 6.49. The number of nitrogens with one attached hydrogen (secondary N) is 1. The fourth-order valence-electron chi connectivity index (χ4n) is 1.93. The Morgan fingerprint density at radius 2 is 1.84 bits per heavy atom. The van der Waals surface area contributed by atoms with Gasteiger partial charge in [-0.1, -0.05) is 36.6 Å². The average molecular weight is 283 g/mol. The Hall–Kier alpha value is -1.06. The number of benzene rings is 1. The predicted octanol–water partition coefficient (Wildman–Crippen LogP) is 3.43. The largest absolute Gasteiger partial charge is 0.350 e. The number of amides is 1. The van der Waals surface area contributed by atoms with Gasteiger partial charge in [0.1, 0.15) is 0 Å². The molecule has 0 bridgehead atoms. The second-order valence-corrected chi connectivity index (χ2v) is 5.23. The molecule has 1 aromatic rings. The van der Waals surface area contributed by atoms with Crippen molar-refractivity contribution in [2.75, 3.05) is 6.54 Å². The highest BCUT2D eigenvalue weighted by Crippen LogP contribution is 2.16. The summed E-state index contributed by atoms with van der Waals surface area (Å²) < 4.78 is 0. The highest BCUT2D eigenvalue weighted by molar-refractivity contribution is 6.30. The molecule has 4 heteroatoms. The molecule has 0 fully saturated rings. The molecule has 0 aliphatic carbocycles. The van der Waals surface area contributed by atoms with E-state index in [1.807, 2.05) is 31.2 Å². The van der Waals surface area contributed by atoms with E-state index in [4.69, 9.17) is 17.3 Å². The Labute approximate surface area is 120 Å². The van der Waals surface area contributed by atoms with Crippen molar-refractivity contribution in [3.05, 3.63) is 34.9 Å². The van der Waals surface area contributed by atoms with Crippen molar-refractivity contribution in [3.8, 4) is 0 Å². The number of nitrogens with two attached hydrogens (primary N) is 1. The van der Waals surface area contributed by atoms with Crippen LogP contribution in [0.1, 0.15) is 50.6 Å². The lowest BCUT2D eigenvalue weighted by atomic mass is 10.1. The SMILES string of the molecule is C[C@@H](NC(=O)CCCCCCN)c1ccc(Cl)cc1. The van der Waals surface area contributed by atoms with Gasteiger partial charge >= 0.3 is 0 Å². The van der Waals surface area contributed by atoms with Gasteiger partial charge in [-0.05, 0) is 44.0 Å². The van der Waals surface area contributed by atoms with Crippen LogP contribution in [-0.4, -0.2) is 12.5 Å². The van der Waals surface area contributed by atoms with E-state index >= 15 is 0 Å². The summed E-state index contributed by atoms with van der Waals surface area (Å²) in [6.45, 7) is 2.72. The molecule has 0 saturated heterocycles. The van der Waals surface area contributed by atoms with Crippen LogP contribution in [0.15, 0.2) is 24.3 Å². The zero-order valence-corrected chi connectivity index (χ0v) is 12.2. The Morgan fingerprint density at radius 3 is 2.47 bits per heavy atom. The van der Waals surface area contributed by atoms with Gasteiger partial charge in [0.25, 0.3) is 0 Å². The molecule has 3 nitrogen and oxygen atoms in total. The van der Waals surface area contributed by atoms with Crippen molar-refractivity contribution >= 4 is 17.5 Å². The van der Waals surface area contributed by atoms with Gasteiger partial charge < -0.3 is 11.1 Å². The van der Waals surface area contributed by atoms with Gasteiger partial charge in [0.2, 0.25) is 5.91 Å². The molecule has 0 aromatic heterocycles. The number of carbonyl (C=O) groups is 1. The lowest BCUT2D eigenvalue weighted by Crippen LogP contribution is -2.26. The lowest BCUT2D eigenvalue weighted by molar-refractivity contribution is -0.121. The fourth-order valence-corrected chi connectivity index (χ4v) is 2.06. The molecule has 0 radical (unpaired) electrons. The first-order valence-electron chi connectivity index (χ1n) is 6.88. The summed E-state index contributed by atoms with van der Waals surface area (Å²) in [5, 5.41) is 3.71. The van der Waals surface area contributed by atoms with Crippen molar-refractivity contribution in [2.24, 2.45) is 5.73 Å². The standard InChI is InChI=1S/C15H23ClN2O/c1-12(13-7-9-14(16)10-8-13)18-15(19)6-4-2-3-5-11-17/h7-10,12H,2-6,11,17H2,1H3,(H,18,19)/t12-/m1/s1. The maximum atomic E-state index is 11.8. The van der Waals surface area contributed by atoms with E-state index < -0.39 is 0 Å². The Balaban J connectivity index is 2.26. The molecule has 0 spiro atoms. The van der Waals surface area contributed by atoms with Crippen molar-refractivity contribution < 1.29 is 4.79 Å². The highest BCUT2D eigenvalue weighted by atomic mass is 35.5. The topological polar surface area (TPSA) is 55.1 Å². The molecular weight excluding hydrogens is 260 g/mol. The summed E-state index contributed by atoms with van der Waals surface area (Å²) in [6.07, 6.45) is 4.74. The summed E-state index contributed by atoms with van der Waals surface area (Å²) in [6, 6.07) is 7.58. The second-order valence-electron chi connectivity index (χ2n) is 4.79. The molecule has 0 aliphatic rings. The second kappa shape index (κ2) is 8.94. The first-order valence-corrected chi connectivity index (χ1v) is 7.26. The van der Waals surface area contributed by atoms with E-state index in [1.165, 1.54) is 0 Å². The van der Waals surface area contributed by atoms with Crippen molar-refractivity contribution in [1.82, 2.24) is 5.32 Å². The van der Waals surface area contributed by atoms with E-state index in [9.17, 15) is 4.79 Å². The minimum absolute atomic E-state index is 0.0220. The number of hydrogen-bond acceptors (Lipinski definition) is 2. The molecule has 1 atom stereocenters. The van der Waals surface area contributed by atoms with Gasteiger partial charge in [-0.15, -0.1) is 0 Å². The van der Waals surface area contributed by atoms with Crippen LogP contribution in [-0.2, 0) is 4.79 Å². The first kappa shape index (κ1) is 16.0. The van der Waals surface area contributed by atoms with E-state index in [0.717, 1.165) is 37.8 Å². The fraction of sp³-hybridized carbons (Fsp3) is 0.533. The molecule has 19 heavy (non-hydrogen) atoms. The smallest absolute Gasteiger partial charge is 0.220 e. The Kier molecular flexibility index (Phi) is 7.53. The molecule has 0 saturated carbocycles. The van der Waals surface area contributed by atoms with Gasteiger partial charge in [0.15, 0.2) is 0 Å². The summed E-state index contributed by atoms with van der Waals surface area (Å²) in [4.78, 5) is 11.8. The zero-order chi connectivity index (χ0) is 14.1. The minimum Gasteiger partial charge on any atom is -0.350 e. The maximum Gasteiger partial charge on any atom is 0.220 e. The van der Waals surface area contributed by atoms with Crippen LogP contribution in [0.2, 0.25) is 5.02 Å². The first-order chi connectivity index (χ1) is 9.13. The van der Waals surface area contributed by atoms with Gasteiger partial charge in [0, 0.05) is 11.4 Å². The van der Waals surface area contributed by atoms with E-state index in [0.29, 0.717) is 11.4 Å². The van der Waals surface area contributed by atoms with Crippen molar-refractivity contribution in [2.45, 2.75) is 45.1 Å². The third-order valence-electron chi connectivity index (χ3n) is 3.11. The number of hydrogen-bond donors (Lipinski definition) is 2. The Morgan fingerprint density at radius 1 is 1.21 bits per heavy atom. The molecule has 1 rings (SSSR count). The van der Waals surface area contributed by atoms with Crippen LogP contribution in [0, 0.1) is 0 Å². The number of carbonyl (C=O) groups excluding carboxylic acids is 1. The Bertz CT molecular complexity index is 378. The van der Waals surface area contributed by atoms with Gasteiger partial charge in [-0.25, -0.2) is 0 Å². The summed E-state index contributed by atoms with van der Waals surface area (Å²) in [7, 11) is 0. The van der Waals surface area contributed by atoms with Crippen LogP contribution in [0.3, 0.4) is 0 Å². The van der Waals surface area contributed by atoms with Crippen LogP contribution in [0.5, 0.6) is 0 Å². The molecule has 0 aliphatic heterocycles. The predicted molar refractivity (Wildman–Crippen MR) is 80.1 cm³/mol. The molecular formula is C15H23ClN2O. The highest BCUT2D eigenvalue weighted by Gasteiger charge is 2.08. The van der Waals surface area contributed by atoms with E-state index in [-0.39, 0.29) is 11.9 Å². The lowest BCUT2D eigenvalue weighted by Gasteiger charge is -2.14. The van der Waals surface area contributed by atoms with Crippen LogP contribution >= 0.6 is 11.6 Å². The van der Waals surface area contributed by atoms with Gasteiger partial charge in [0.05, 0.1) is 6.04 Å². The third kappa shape index (κ3) is 6.60. The number of halogens is 1. The van der Waals surface area contributed by atoms with Gasteiger partial charge in [-0.3, -0.25) is 4.79 Å². The van der Waals surface area contributed by atoms with E-state index in [1.54, 1.807) is 0 Å². The average Bonchev–Trinajstić information content (AvgIpc) is 2.39. The summed E-state index contributed by atoms with van der Waals surface area (Å²) in [5.74, 6) is 0.107. The molecule has 0 unspecified atom stereocenters. The molecule has 1 aromatic carbocycles. The van der Waals surface area contributed by atoms with Crippen LogP contribution < -0.4 is 11.1 Å². The zero-order valence-electron chi connectivity index (χ0n) is 11.5. The maximum absolute atomic E-state index is 11.8. The molecule has 106 valence electrons. The van der Waals surface area contributed by atoms with Crippen molar-refractivity contribution in [3.63, 3.8) is 0 Å². The number of unbranched alkanes of at least 4 members (excludes halogenated alkanes) is 3. The monoisotopic (exact) mass is 282 g/mol. The van der Waals surface area contributed by atoms with Crippen LogP contribution in [0.25, 0.3) is 0 Å². The van der Waals surface area contributed by atoms with E-state index in [2.05, 4.69) is 5.32 Å². The van der Waals surface area contributed by atoms with Crippen molar-refractivity contribution in [1.29, 1.82) is 0 Å².